The number of hydrazone groups is 1. The highest BCUT2D eigenvalue weighted by Crippen LogP contribution is 2.19. The van der Waals surface area contributed by atoms with Crippen LogP contribution in [-0.4, -0.2) is 27.6 Å². The van der Waals surface area contributed by atoms with Crippen molar-refractivity contribution >= 4 is 28.9 Å². The van der Waals surface area contributed by atoms with E-state index in [0.29, 0.717) is 0 Å². The number of rotatable bonds is 5. The number of fused-ring (bicyclic) bond motifs is 1. The molecule has 0 radical (unpaired) electrons. The first kappa shape index (κ1) is 15.4. The van der Waals surface area contributed by atoms with Gasteiger partial charge in [-0.3, -0.25) is 14.6 Å². The highest BCUT2D eigenvalue weighted by atomic mass is 16.2. The average Bonchev–Trinajstić information content (AvgIpc) is 2.93. The molecule has 0 fully saturated rings. The highest BCUT2D eigenvalue weighted by molar-refractivity contribution is 6.00. The summed E-state index contributed by atoms with van der Waals surface area (Å²) in [5, 5.41) is 4.88. The molecule has 0 unspecified atom stereocenters. The van der Waals surface area contributed by atoms with Gasteiger partial charge in [0.1, 0.15) is 12.2 Å². The second-order valence-corrected chi connectivity index (χ2v) is 5.11. The number of carbonyl (C=O) groups is 2. The number of primary amides is 1. The summed E-state index contributed by atoms with van der Waals surface area (Å²) >= 11 is 0. The second kappa shape index (κ2) is 6.74. The first-order valence-corrected chi connectivity index (χ1v) is 7.26. The van der Waals surface area contributed by atoms with Crippen molar-refractivity contribution in [2.24, 2.45) is 10.8 Å². The van der Waals surface area contributed by atoms with Gasteiger partial charge in [0, 0.05) is 28.9 Å². The highest BCUT2D eigenvalue weighted by Gasteiger charge is 2.08. The van der Waals surface area contributed by atoms with Gasteiger partial charge in [0.15, 0.2) is 0 Å². The van der Waals surface area contributed by atoms with E-state index in [9.17, 15) is 9.59 Å². The minimum atomic E-state index is -0.428. The number of carbonyl (C=O) groups excluding carboxylic acids is 2. The summed E-state index contributed by atoms with van der Waals surface area (Å²) in [5.74, 6) is -0.824. The van der Waals surface area contributed by atoms with Crippen molar-refractivity contribution in [1.82, 2.24) is 15.0 Å². The van der Waals surface area contributed by atoms with E-state index in [1.165, 1.54) is 12.4 Å². The summed E-state index contributed by atoms with van der Waals surface area (Å²) < 4.78 is 1.75. The number of benzene rings is 1. The lowest BCUT2D eigenvalue weighted by Gasteiger charge is -2.00. The van der Waals surface area contributed by atoms with Crippen molar-refractivity contribution in [1.29, 1.82) is 0 Å². The first-order valence-electron chi connectivity index (χ1n) is 7.26. The number of para-hydroxylation sites is 1. The fraction of sp³-hybridized carbons (Fsp3) is 0.0588. The summed E-state index contributed by atoms with van der Waals surface area (Å²) in [5.41, 5.74) is 9.62. The van der Waals surface area contributed by atoms with Gasteiger partial charge in [-0.2, -0.15) is 5.10 Å². The van der Waals surface area contributed by atoms with Crippen LogP contribution in [0.2, 0.25) is 0 Å². The number of nitrogens with zero attached hydrogens (tertiary/aromatic N) is 3. The Kier molecular flexibility index (Phi) is 4.33. The van der Waals surface area contributed by atoms with E-state index in [1.54, 1.807) is 29.0 Å². The van der Waals surface area contributed by atoms with Crippen molar-refractivity contribution in [3.8, 4) is 0 Å². The standard InChI is InChI=1S/C17H15N5O2/c18-16(23)11-22-10-12(13-5-1-2-7-15(13)22)9-20-21-17(24)14-6-3-4-8-19-14/h1-10H,11H2,(H2,18,23)(H,21,24). The van der Waals surface area contributed by atoms with Gasteiger partial charge in [-0.15, -0.1) is 0 Å². The summed E-state index contributed by atoms with van der Waals surface area (Å²) in [6, 6.07) is 12.6. The Bertz CT molecular complexity index is 915. The fourth-order valence-electron chi connectivity index (χ4n) is 2.39. The molecule has 7 nitrogen and oxygen atoms in total. The monoisotopic (exact) mass is 321 g/mol. The minimum Gasteiger partial charge on any atom is -0.368 e. The van der Waals surface area contributed by atoms with Gasteiger partial charge in [0.05, 0.1) is 6.21 Å². The van der Waals surface area contributed by atoms with Gasteiger partial charge in [-0.25, -0.2) is 5.43 Å². The van der Waals surface area contributed by atoms with Crippen LogP contribution in [0.1, 0.15) is 16.1 Å². The Balaban J connectivity index is 1.82. The third kappa shape index (κ3) is 3.30. The maximum atomic E-state index is 11.9. The van der Waals surface area contributed by atoms with Gasteiger partial charge >= 0.3 is 0 Å². The van der Waals surface area contributed by atoms with E-state index >= 15 is 0 Å². The SMILES string of the molecule is NC(=O)Cn1cc(C=NNC(=O)c2ccccn2)c2ccccc21. The average molecular weight is 321 g/mol. The summed E-state index contributed by atoms with van der Waals surface area (Å²) in [6.45, 7) is 0.0780. The maximum Gasteiger partial charge on any atom is 0.289 e. The summed E-state index contributed by atoms with van der Waals surface area (Å²) in [4.78, 5) is 27.0. The van der Waals surface area contributed by atoms with Crippen LogP contribution in [0.25, 0.3) is 10.9 Å². The van der Waals surface area contributed by atoms with Gasteiger partial charge < -0.3 is 10.3 Å². The van der Waals surface area contributed by atoms with E-state index in [0.717, 1.165) is 16.5 Å². The number of amides is 2. The first-order chi connectivity index (χ1) is 11.6. The summed E-state index contributed by atoms with van der Waals surface area (Å²) in [6.07, 6.45) is 4.84. The lowest BCUT2D eigenvalue weighted by atomic mass is 10.2. The quantitative estimate of drug-likeness (QED) is 0.546. The Hall–Kier alpha value is -3.48. The second-order valence-electron chi connectivity index (χ2n) is 5.11. The number of hydrogen-bond donors (Lipinski definition) is 2. The molecule has 7 heteroatoms. The number of aromatic nitrogens is 2. The molecule has 24 heavy (non-hydrogen) atoms. The van der Waals surface area contributed by atoms with Crippen LogP contribution in [0.4, 0.5) is 0 Å². The smallest absolute Gasteiger partial charge is 0.289 e. The van der Waals surface area contributed by atoms with E-state index < -0.39 is 11.8 Å². The Labute approximate surface area is 137 Å². The molecular weight excluding hydrogens is 306 g/mol. The topological polar surface area (TPSA) is 102 Å². The van der Waals surface area contributed by atoms with E-state index in [-0.39, 0.29) is 12.2 Å². The van der Waals surface area contributed by atoms with Gasteiger partial charge in [0.25, 0.3) is 5.91 Å². The molecule has 3 aromatic rings. The van der Waals surface area contributed by atoms with E-state index in [2.05, 4.69) is 15.5 Å². The van der Waals surface area contributed by atoms with Crippen molar-refractivity contribution in [3.63, 3.8) is 0 Å². The van der Waals surface area contributed by atoms with E-state index in [4.69, 9.17) is 5.73 Å². The normalized spacial score (nSPS) is 11.0. The molecule has 0 aliphatic rings. The predicted molar refractivity (Wildman–Crippen MR) is 90.4 cm³/mol. The molecule has 0 atom stereocenters. The molecule has 3 N–H and O–H groups in total. The number of nitrogens with one attached hydrogen (secondary N) is 1. The van der Waals surface area contributed by atoms with Crippen LogP contribution in [0.3, 0.4) is 0 Å². The predicted octanol–water partition coefficient (Wildman–Crippen LogP) is 1.29. The molecule has 0 saturated heterocycles. The number of pyridine rings is 1. The lowest BCUT2D eigenvalue weighted by molar-refractivity contribution is -0.118. The van der Waals surface area contributed by atoms with Crippen molar-refractivity contribution in [2.75, 3.05) is 0 Å². The zero-order valence-corrected chi connectivity index (χ0v) is 12.7. The largest absolute Gasteiger partial charge is 0.368 e. The van der Waals surface area contributed by atoms with Gasteiger partial charge in [-0.1, -0.05) is 24.3 Å². The van der Waals surface area contributed by atoms with E-state index in [1.807, 2.05) is 24.3 Å². The molecule has 2 heterocycles. The Morgan fingerprint density at radius 2 is 2.00 bits per heavy atom. The van der Waals surface area contributed by atoms with Gasteiger partial charge in [-0.05, 0) is 18.2 Å². The lowest BCUT2D eigenvalue weighted by Crippen LogP contribution is -2.18. The zero-order valence-electron chi connectivity index (χ0n) is 12.7. The Morgan fingerprint density at radius 1 is 1.21 bits per heavy atom. The van der Waals surface area contributed by atoms with Crippen LogP contribution in [0, 0.1) is 0 Å². The molecule has 2 aromatic heterocycles. The van der Waals surface area contributed by atoms with Crippen LogP contribution < -0.4 is 11.2 Å². The fourth-order valence-corrected chi connectivity index (χ4v) is 2.39. The van der Waals surface area contributed by atoms with Crippen LogP contribution in [-0.2, 0) is 11.3 Å². The van der Waals surface area contributed by atoms with Crippen LogP contribution in [0.15, 0.2) is 60.0 Å². The molecule has 1 aromatic carbocycles. The van der Waals surface area contributed by atoms with Gasteiger partial charge in [0.2, 0.25) is 5.91 Å². The zero-order chi connectivity index (χ0) is 16.9. The molecule has 0 aliphatic heterocycles. The maximum absolute atomic E-state index is 11.9. The molecule has 0 bridgehead atoms. The third-order valence-corrected chi connectivity index (χ3v) is 3.41. The molecule has 120 valence electrons. The molecule has 2 amide bonds. The van der Waals surface area contributed by atoms with Crippen molar-refractivity contribution in [2.45, 2.75) is 6.54 Å². The molecule has 0 saturated carbocycles. The summed E-state index contributed by atoms with van der Waals surface area (Å²) in [7, 11) is 0. The molecule has 3 rings (SSSR count). The van der Waals surface area contributed by atoms with Crippen LogP contribution >= 0.6 is 0 Å². The van der Waals surface area contributed by atoms with Crippen molar-refractivity contribution < 1.29 is 9.59 Å². The Morgan fingerprint density at radius 3 is 2.75 bits per heavy atom. The number of hydrogen-bond acceptors (Lipinski definition) is 4. The number of nitrogens with two attached hydrogens (primary N) is 1. The minimum absolute atomic E-state index is 0.0780. The molecule has 0 spiro atoms. The molecular formula is C17H15N5O2. The van der Waals surface area contributed by atoms with Crippen LogP contribution in [0.5, 0.6) is 0 Å². The van der Waals surface area contributed by atoms with Crippen molar-refractivity contribution in [3.05, 3.63) is 66.1 Å². The molecule has 0 aliphatic carbocycles. The third-order valence-electron chi connectivity index (χ3n) is 3.41.